The van der Waals surface area contributed by atoms with Crippen molar-refractivity contribution in [2.75, 3.05) is 19.5 Å². The first-order valence-electron chi connectivity index (χ1n) is 18.2. The first-order chi connectivity index (χ1) is 27.9. The minimum Gasteiger partial charge on any atom is -0.496 e. The molecule has 0 bridgehead atoms. The number of nitriles is 1. The third-order valence-corrected chi connectivity index (χ3v) is 10.0. The minimum absolute atomic E-state index is 0.120. The van der Waals surface area contributed by atoms with Gasteiger partial charge in [-0.05, 0) is 88.3 Å². The molecule has 0 aliphatic carbocycles. The van der Waals surface area contributed by atoms with Crippen LogP contribution in [0.1, 0.15) is 45.0 Å². The van der Waals surface area contributed by atoms with Crippen LogP contribution < -0.4 is 30.2 Å². The Labute approximate surface area is 331 Å². The summed E-state index contributed by atoms with van der Waals surface area (Å²) in [7, 11) is 2.44. The fourth-order valence-corrected chi connectivity index (χ4v) is 6.91. The van der Waals surface area contributed by atoms with Gasteiger partial charge < -0.3 is 34.9 Å². The summed E-state index contributed by atoms with van der Waals surface area (Å²) in [5.74, 6) is -0.813. The Bertz CT molecular complexity index is 2380. The molecule has 0 saturated heterocycles. The summed E-state index contributed by atoms with van der Waals surface area (Å²) in [5, 5.41) is 18.0. The number of ether oxygens (including phenoxy) is 4. The van der Waals surface area contributed by atoms with E-state index in [2.05, 4.69) is 22.0 Å². The molecular formula is C44H37F3N4O7. The van der Waals surface area contributed by atoms with Gasteiger partial charge in [0.15, 0.2) is 0 Å². The van der Waals surface area contributed by atoms with Crippen molar-refractivity contribution < 1.29 is 46.5 Å². The van der Waals surface area contributed by atoms with Crippen LogP contribution in [-0.4, -0.2) is 44.1 Å². The number of amides is 2. The predicted molar refractivity (Wildman–Crippen MR) is 206 cm³/mol. The maximum absolute atomic E-state index is 13.5. The summed E-state index contributed by atoms with van der Waals surface area (Å²) in [6.45, 7) is 0.206. The Morgan fingerprint density at radius 1 is 0.914 bits per heavy atom. The number of nitrogens with zero attached hydrogens (tertiary/aromatic N) is 1. The quantitative estimate of drug-likeness (QED) is 0.123. The molecule has 2 amide bonds. The number of anilines is 1. The van der Waals surface area contributed by atoms with Gasteiger partial charge in [0, 0.05) is 18.5 Å². The van der Waals surface area contributed by atoms with E-state index in [0.717, 1.165) is 33.9 Å². The standard InChI is InChI=1S/C44H37F3N4O7/c1-55-38-16-7-27(17-34(38)44(45,46)47)24-57-33-14-12-30(13-15-33)40-42(53)50-35-19-31-20-36(49-23-32(31)21-39(35)58-40)41(52)51-37(43(54)56-2)18-25-3-8-28(9-4-25)29-10-5-26(22-48)6-11-29/h3-17,19,21,36-37,40,49H,18,20,23-24H2,1-2H3,(H,50,53)(H,51,52)/t36?,37-,40?/m0/s1. The number of esters is 1. The van der Waals surface area contributed by atoms with Gasteiger partial charge >= 0.3 is 12.1 Å². The molecule has 2 aliphatic rings. The van der Waals surface area contributed by atoms with Gasteiger partial charge in [0.05, 0.1) is 43.1 Å². The molecule has 5 aromatic rings. The molecule has 296 valence electrons. The highest BCUT2D eigenvalue weighted by Gasteiger charge is 2.35. The summed E-state index contributed by atoms with van der Waals surface area (Å²) < 4.78 is 62.0. The van der Waals surface area contributed by atoms with Crippen molar-refractivity contribution >= 4 is 23.5 Å². The summed E-state index contributed by atoms with van der Waals surface area (Å²) in [6, 6.07) is 29.2. The lowest BCUT2D eigenvalue weighted by molar-refractivity contribution is -0.145. The van der Waals surface area contributed by atoms with E-state index in [1.165, 1.54) is 26.4 Å². The highest BCUT2D eigenvalue weighted by atomic mass is 19.4. The maximum Gasteiger partial charge on any atom is 0.419 e. The van der Waals surface area contributed by atoms with Crippen LogP contribution in [0.25, 0.3) is 11.1 Å². The number of carbonyl (C=O) groups excluding carboxylic acids is 3. The van der Waals surface area contributed by atoms with Gasteiger partial charge in [-0.3, -0.25) is 9.59 Å². The van der Waals surface area contributed by atoms with Crippen LogP contribution in [0.15, 0.2) is 103 Å². The Balaban J connectivity index is 0.963. The topological polar surface area (TPSA) is 148 Å². The molecule has 2 aliphatic heterocycles. The molecule has 58 heavy (non-hydrogen) atoms. The summed E-state index contributed by atoms with van der Waals surface area (Å²) in [6.07, 6.45) is -5.07. The number of halogens is 3. The average Bonchev–Trinajstić information content (AvgIpc) is 3.24. The molecule has 7 rings (SSSR count). The zero-order valence-electron chi connectivity index (χ0n) is 31.3. The third kappa shape index (κ3) is 8.75. The number of hydrogen-bond acceptors (Lipinski definition) is 9. The van der Waals surface area contributed by atoms with Crippen molar-refractivity contribution in [3.8, 4) is 34.4 Å². The third-order valence-electron chi connectivity index (χ3n) is 10.0. The summed E-state index contributed by atoms with van der Waals surface area (Å²) in [4.78, 5) is 39.5. The Kier molecular flexibility index (Phi) is 11.3. The van der Waals surface area contributed by atoms with Gasteiger partial charge in [-0.1, -0.05) is 54.6 Å². The van der Waals surface area contributed by atoms with E-state index < -0.39 is 41.8 Å². The number of nitrogens with one attached hydrogen (secondary N) is 3. The molecule has 3 N–H and O–H groups in total. The van der Waals surface area contributed by atoms with E-state index >= 15 is 0 Å². The number of rotatable bonds is 11. The number of benzene rings is 5. The van der Waals surface area contributed by atoms with Crippen molar-refractivity contribution in [1.82, 2.24) is 10.6 Å². The maximum atomic E-state index is 13.5. The Morgan fingerprint density at radius 3 is 2.26 bits per heavy atom. The molecule has 11 nitrogen and oxygen atoms in total. The molecule has 0 aromatic heterocycles. The van der Waals surface area contributed by atoms with Crippen molar-refractivity contribution in [2.24, 2.45) is 0 Å². The van der Waals surface area contributed by atoms with E-state index in [-0.39, 0.29) is 31.1 Å². The predicted octanol–water partition coefficient (Wildman–Crippen LogP) is 6.82. The fourth-order valence-electron chi connectivity index (χ4n) is 6.91. The molecule has 0 spiro atoms. The van der Waals surface area contributed by atoms with Gasteiger partial charge in [-0.25, -0.2) is 4.79 Å². The van der Waals surface area contributed by atoms with Crippen molar-refractivity contribution in [1.29, 1.82) is 5.26 Å². The molecule has 3 atom stereocenters. The number of alkyl halides is 3. The molecule has 0 fully saturated rings. The summed E-state index contributed by atoms with van der Waals surface area (Å²) in [5.41, 5.74) is 5.37. The van der Waals surface area contributed by atoms with E-state index in [1.54, 1.807) is 42.5 Å². The number of fused-ring (bicyclic) bond motifs is 2. The van der Waals surface area contributed by atoms with E-state index in [0.29, 0.717) is 40.4 Å². The molecule has 0 saturated carbocycles. The average molecular weight is 791 g/mol. The normalized spacial score (nSPS) is 16.3. The highest BCUT2D eigenvalue weighted by Crippen LogP contribution is 2.39. The molecule has 14 heteroatoms. The van der Waals surface area contributed by atoms with Crippen LogP contribution in [0.3, 0.4) is 0 Å². The van der Waals surface area contributed by atoms with E-state index in [1.807, 2.05) is 42.5 Å². The van der Waals surface area contributed by atoms with Crippen LogP contribution in [0.4, 0.5) is 18.9 Å². The minimum atomic E-state index is -4.58. The van der Waals surface area contributed by atoms with Crippen LogP contribution >= 0.6 is 0 Å². The van der Waals surface area contributed by atoms with Gasteiger partial charge in [0.25, 0.3) is 5.91 Å². The highest BCUT2D eigenvalue weighted by molar-refractivity contribution is 5.98. The zero-order valence-corrected chi connectivity index (χ0v) is 31.3. The number of methoxy groups -OCH3 is 2. The van der Waals surface area contributed by atoms with Crippen LogP contribution in [0.5, 0.6) is 17.2 Å². The van der Waals surface area contributed by atoms with Crippen LogP contribution in [-0.2, 0) is 51.3 Å². The zero-order chi connectivity index (χ0) is 41.0. The number of hydrogen-bond donors (Lipinski definition) is 3. The van der Waals surface area contributed by atoms with Gasteiger partial charge in [-0.15, -0.1) is 0 Å². The molecule has 5 aromatic carbocycles. The molecule has 0 radical (unpaired) electrons. The Hall–Kier alpha value is -6.85. The van der Waals surface area contributed by atoms with E-state index in [4.69, 9.17) is 24.2 Å². The van der Waals surface area contributed by atoms with Crippen molar-refractivity contribution in [3.05, 3.63) is 142 Å². The van der Waals surface area contributed by atoms with Gasteiger partial charge in [0.2, 0.25) is 12.0 Å². The lowest BCUT2D eigenvalue weighted by Gasteiger charge is -2.31. The first kappa shape index (κ1) is 39.4. The van der Waals surface area contributed by atoms with Crippen molar-refractivity contribution in [2.45, 2.75) is 50.4 Å². The Morgan fingerprint density at radius 2 is 1.60 bits per heavy atom. The smallest absolute Gasteiger partial charge is 0.419 e. The summed E-state index contributed by atoms with van der Waals surface area (Å²) >= 11 is 0. The van der Waals surface area contributed by atoms with Crippen molar-refractivity contribution in [3.63, 3.8) is 0 Å². The second-order valence-corrected chi connectivity index (χ2v) is 13.8. The fraction of sp³-hybridized carbons (Fsp3) is 0.227. The van der Waals surface area contributed by atoms with Gasteiger partial charge in [0.1, 0.15) is 29.9 Å². The molecule has 2 heterocycles. The van der Waals surface area contributed by atoms with Gasteiger partial charge in [-0.2, -0.15) is 18.4 Å². The number of carbonyl (C=O) groups is 3. The SMILES string of the molecule is COC(=O)[C@H](Cc1ccc(-c2ccc(C#N)cc2)cc1)NC(=O)C1Cc2cc3c(cc2CN1)OC(c1ccc(OCc2ccc(OC)c(C(F)(F)F)c2)cc1)C(=O)N3. The second-order valence-electron chi connectivity index (χ2n) is 13.8. The lowest BCUT2D eigenvalue weighted by Crippen LogP contribution is -2.53. The van der Waals surface area contributed by atoms with E-state index in [9.17, 15) is 27.6 Å². The first-order valence-corrected chi connectivity index (χ1v) is 18.2. The van der Waals surface area contributed by atoms with Crippen LogP contribution in [0, 0.1) is 11.3 Å². The largest absolute Gasteiger partial charge is 0.496 e. The second kappa shape index (κ2) is 16.7. The van der Waals surface area contributed by atoms with Crippen LogP contribution in [0.2, 0.25) is 0 Å². The monoisotopic (exact) mass is 790 g/mol. The molecular weight excluding hydrogens is 753 g/mol. The lowest BCUT2D eigenvalue weighted by atomic mass is 9.93. The molecule has 2 unspecified atom stereocenters.